The lowest BCUT2D eigenvalue weighted by Gasteiger charge is -1.99. The van der Waals surface area contributed by atoms with Crippen molar-refractivity contribution in [1.29, 1.82) is 0 Å². The Hall–Kier alpha value is -1.96. The zero-order valence-electron chi connectivity index (χ0n) is 9.09. The van der Waals surface area contributed by atoms with E-state index in [2.05, 4.69) is 9.97 Å². The zero-order valence-corrected chi connectivity index (χ0v) is 9.91. The Morgan fingerprint density at radius 2 is 2.06 bits per heavy atom. The zero-order chi connectivity index (χ0) is 12.8. The number of aryl methyl sites for hydroxylation is 1. The number of aromatic nitrogens is 2. The number of benzene rings is 1. The summed E-state index contributed by atoms with van der Waals surface area (Å²) in [5, 5.41) is 10.9. The maximum Gasteiger partial charge on any atom is 0.298 e. The van der Waals surface area contributed by atoms with Gasteiger partial charge in [-0.3, -0.25) is 10.1 Å². The fourth-order valence-corrected chi connectivity index (χ4v) is 2.21. The van der Waals surface area contributed by atoms with Crippen LogP contribution in [0.5, 0.6) is 0 Å². The van der Waals surface area contributed by atoms with Gasteiger partial charge in [0.1, 0.15) is 5.82 Å². The van der Waals surface area contributed by atoms with Crippen molar-refractivity contribution in [3.63, 3.8) is 0 Å². The van der Waals surface area contributed by atoms with Gasteiger partial charge >= 0.3 is 0 Å². The van der Waals surface area contributed by atoms with Crippen LogP contribution < -0.4 is 0 Å². The number of hydrogen-bond donors (Lipinski definition) is 1. The minimum Gasteiger partial charge on any atom is -0.342 e. The van der Waals surface area contributed by atoms with E-state index in [1.54, 1.807) is 6.92 Å². The van der Waals surface area contributed by atoms with Crippen LogP contribution in [0.4, 0.5) is 5.69 Å². The lowest BCUT2D eigenvalue weighted by molar-refractivity contribution is -0.383. The van der Waals surface area contributed by atoms with E-state index in [-0.39, 0.29) is 16.1 Å². The fraction of sp³-hybridized carbons (Fsp3) is 0.222. The van der Waals surface area contributed by atoms with Crippen LogP contribution in [0.3, 0.4) is 0 Å². The first kappa shape index (κ1) is 11.5. The number of fused-ring (bicyclic) bond motifs is 1. The molecule has 0 amide bonds. The highest BCUT2D eigenvalue weighted by Gasteiger charge is 2.20. The first-order valence-corrected chi connectivity index (χ1v) is 6.53. The van der Waals surface area contributed by atoms with Crippen molar-refractivity contribution in [3.05, 3.63) is 28.1 Å². The van der Waals surface area contributed by atoms with E-state index in [0.29, 0.717) is 11.3 Å². The Morgan fingerprint density at radius 1 is 1.41 bits per heavy atom. The molecule has 2 aromatic rings. The van der Waals surface area contributed by atoms with Crippen molar-refractivity contribution in [2.24, 2.45) is 0 Å². The summed E-state index contributed by atoms with van der Waals surface area (Å²) in [7, 11) is -3.49. The van der Waals surface area contributed by atoms with Crippen molar-refractivity contribution in [2.45, 2.75) is 11.8 Å². The van der Waals surface area contributed by atoms with Crippen LogP contribution in [-0.4, -0.2) is 29.6 Å². The molecule has 1 N–H and O–H groups in total. The molecule has 0 spiro atoms. The van der Waals surface area contributed by atoms with Gasteiger partial charge in [-0.2, -0.15) is 0 Å². The topological polar surface area (TPSA) is 106 Å². The second kappa shape index (κ2) is 3.52. The molecule has 2 rings (SSSR count). The van der Waals surface area contributed by atoms with Gasteiger partial charge in [-0.15, -0.1) is 0 Å². The second-order valence-electron chi connectivity index (χ2n) is 3.69. The predicted molar refractivity (Wildman–Crippen MR) is 60.6 cm³/mol. The molecule has 0 radical (unpaired) electrons. The highest BCUT2D eigenvalue weighted by molar-refractivity contribution is 7.90. The number of nitro groups is 1. The van der Waals surface area contributed by atoms with E-state index in [1.165, 1.54) is 6.07 Å². The summed E-state index contributed by atoms with van der Waals surface area (Å²) < 4.78 is 22.8. The van der Waals surface area contributed by atoms with E-state index in [9.17, 15) is 18.5 Å². The Bertz CT molecular complexity index is 717. The molecule has 0 bridgehead atoms. The molecule has 8 heteroatoms. The van der Waals surface area contributed by atoms with Gasteiger partial charge in [0.05, 0.1) is 15.3 Å². The van der Waals surface area contributed by atoms with Crippen LogP contribution in [0.1, 0.15) is 5.82 Å². The van der Waals surface area contributed by atoms with E-state index in [1.807, 2.05) is 0 Å². The largest absolute Gasteiger partial charge is 0.342 e. The fourth-order valence-electron chi connectivity index (χ4n) is 1.55. The third kappa shape index (κ3) is 1.98. The lowest BCUT2D eigenvalue weighted by atomic mass is 10.3. The van der Waals surface area contributed by atoms with Crippen LogP contribution in [0.25, 0.3) is 11.0 Å². The van der Waals surface area contributed by atoms with Gasteiger partial charge in [-0.25, -0.2) is 13.4 Å². The molecule has 0 aliphatic heterocycles. The van der Waals surface area contributed by atoms with E-state index in [0.717, 1.165) is 12.3 Å². The van der Waals surface area contributed by atoms with Crippen LogP contribution in [-0.2, 0) is 9.84 Å². The average Bonchev–Trinajstić information content (AvgIpc) is 2.54. The number of non-ortho nitro benzene ring substituents is 1. The molecule has 0 saturated carbocycles. The number of H-pyrrole nitrogens is 1. The summed E-state index contributed by atoms with van der Waals surface area (Å²) >= 11 is 0. The van der Waals surface area contributed by atoms with Crippen LogP contribution >= 0.6 is 0 Å². The molecule has 0 fully saturated rings. The van der Waals surface area contributed by atoms with Crippen molar-refractivity contribution < 1.29 is 13.3 Å². The van der Waals surface area contributed by atoms with Gasteiger partial charge in [-0.1, -0.05) is 0 Å². The van der Waals surface area contributed by atoms with Gasteiger partial charge in [0.15, 0.2) is 15.4 Å². The van der Waals surface area contributed by atoms with Gasteiger partial charge in [-0.05, 0) is 13.0 Å². The molecule has 1 heterocycles. The molecule has 90 valence electrons. The number of nitrogens with zero attached hydrogens (tertiary/aromatic N) is 2. The molecule has 0 unspecified atom stereocenters. The number of imidazole rings is 1. The predicted octanol–water partition coefficient (Wildman–Crippen LogP) is 1.18. The van der Waals surface area contributed by atoms with E-state index >= 15 is 0 Å². The normalized spacial score (nSPS) is 11.9. The average molecular weight is 255 g/mol. The smallest absolute Gasteiger partial charge is 0.298 e. The molecule has 0 atom stereocenters. The SMILES string of the molecule is Cc1nc2c([N+](=O)[O-])cc(S(C)(=O)=O)cc2[nH]1. The Kier molecular flexibility index (Phi) is 2.39. The minimum atomic E-state index is -3.49. The minimum absolute atomic E-state index is 0.0969. The summed E-state index contributed by atoms with van der Waals surface area (Å²) in [5.74, 6) is 0.494. The van der Waals surface area contributed by atoms with Crippen molar-refractivity contribution in [2.75, 3.05) is 6.26 Å². The Labute approximate surface area is 96.6 Å². The maximum absolute atomic E-state index is 11.4. The number of nitrogens with one attached hydrogen (secondary N) is 1. The number of sulfone groups is 1. The van der Waals surface area contributed by atoms with Crippen molar-refractivity contribution in [1.82, 2.24) is 9.97 Å². The van der Waals surface area contributed by atoms with E-state index < -0.39 is 14.8 Å². The van der Waals surface area contributed by atoms with Gasteiger partial charge < -0.3 is 4.98 Å². The number of hydrogen-bond acceptors (Lipinski definition) is 5. The second-order valence-corrected chi connectivity index (χ2v) is 5.71. The molecule has 1 aromatic heterocycles. The number of aromatic amines is 1. The van der Waals surface area contributed by atoms with Crippen LogP contribution in [0.15, 0.2) is 17.0 Å². The van der Waals surface area contributed by atoms with Crippen LogP contribution in [0.2, 0.25) is 0 Å². The summed E-state index contributed by atoms with van der Waals surface area (Å²) in [6, 6.07) is 2.37. The third-order valence-electron chi connectivity index (χ3n) is 2.28. The van der Waals surface area contributed by atoms with Crippen molar-refractivity contribution >= 4 is 26.6 Å². The number of rotatable bonds is 2. The quantitative estimate of drug-likeness (QED) is 0.640. The standard InChI is InChI=1S/C9H9N3O4S/c1-5-10-7-3-6(17(2,15)16)4-8(12(13)14)9(7)11-5/h3-4H,1-2H3,(H,10,11). The monoisotopic (exact) mass is 255 g/mol. The highest BCUT2D eigenvalue weighted by Crippen LogP contribution is 2.27. The molecule has 0 aliphatic rings. The highest BCUT2D eigenvalue weighted by atomic mass is 32.2. The molecule has 7 nitrogen and oxygen atoms in total. The molecule has 0 aliphatic carbocycles. The Balaban J connectivity index is 2.89. The third-order valence-corrected chi connectivity index (χ3v) is 3.38. The van der Waals surface area contributed by atoms with Crippen molar-refractivity contribution in [3.8, 4) is 0 Å². The maximum atomic E-state index is 11.4. The first-order chi connectivity index (χ1) is 7.79. The van der Waals surface area contributed by atoms with Gasteiger partial charge in [0, 0.05) is 12.3 Å². The van der Waals surface area contributed by atoms with E-state index in [4.69, 9.17) is 0 Å². The summed E-state index contributed by atoms with van der Waals surface area (Å²) in [6.45, 7) is 1.64. The summed E-state index contributed by atoms with van der Waals surface area (Å²) in [6.07, 6.45) is 1.00. The summed E-state index contributed by atoms with van der Waals surface area (Å²) in [5.41, 5.74) is 0.198. The molecule has 0 saturated heterocycles. The molecular formula is C9H9N3O4S. The van der Waals surface area contributed by atoms with Gasteiger partial charge in [0.2, 0.25) is 0 Å². The lowest BCUT2D eigenvalue weighted by Crippen LogP contribution is -1.99. The molecule has 1 aromatic carbocycles. The molecule has 17 heavy (non-hydrogen) atoms. The summed E-state index contributed by atoms with van der Waals surface area (Å²) in [4.78, 5) is 16.9. The van der Waals surface area contributed by atoms with Gasteiger partial charge in [0.25, 0.3) is 5.69 Å². The Morgan fingerprint density at radius 3 is 2.59 bits per heavy atom. The van der Waals surface area contributed by atoms with Crippen LogP contribution in [0, 0.1) is 17.0 Å². The molecular weight excluding hydrogens is 246 g/mol. The number of nitro benzene ring substituents is 1. The first-order valence-electron chi connectivity index (χ1n) is 4.64.